The molecule has 31 heavy (non-hydrogen) atoms. The van der Waals surface area contributed by atoms with Gasteiger partial charge >= 0.3 is 0 Å². The molecule has 0 aliphatic heterocycles. The molecule has 1 amide bonds. The number of aromatic nitrogens is 2. The lowest BCUT2D eigenvalue weighted by molar-refractivity contribution is 0.0955. The lowest BCUT2D eigenvalue weighted by Gasteiger charge is -2.08. The topological polar surface area (TPSA) is 51.3 Å². The van der Waals surface area contributed by atoms with Crippen molar-refractivity contribution in [3.8, 4) is 11.4 Å². The van der Waals surface area contributed by atoms with Crippen molar-refractivity contribution in [2.24, 2.45) is 5.10 Å². The summed E-state index contributed by atoms with van der Waals surface area (Å²) in [5.74, 6) is -0.255. The van der Waals surface area contributed by atoms with Crippen molar-refractivity contribution in [2.75, 3.05) is 0 Å². The Morgan fingerprint density at radius 2 is 1.58 bits per heavy atom. The number of hydrazone groups is 1. The minimum absolute atomic E-state index is 0.255. The number of benzene rings is 3. The minimum atomic E-state index is -0.255. The summed E-state index contributed by atoms with van der Waals surface area (Å²) in [6.45, 7) is 0. The van der Waals surface area contributed by atoms with Crippen molar-refractivity contribution in [1.29, 1.82) is 0 Å². The van der Waals surface area contributed by atoms with Gasteiger partial charge in [-0.2, -0.15) is 5.10 Å². The van der Waals surface area contributed by atoms with Crippen LogP contribution in [-0.4, -0.2) is 21.3 Å². The van der Waals surface area contributed by atoms with Crippen molar-refractivity contribution in [3.05, 3.63) is 121 Å². The highest BCUT2D eigenvalue weighted by Gasteiger charge is 2.07. The van der Waals surface area contributed by atoms with Gasteiger partial charge in [0.15, 0.2) is 0 Å². The van der Waals surface area contributed by atoms with Crippen molar-refractivity contribution in [2.45, 2.75) is 0 Å². The molecule has 0 radical (unpaired) electrons. The van der Waals surface area contributed by atoms with E-state index in [9.17, 15) is 4.79 Å². The molecule has 0 bridgehead atoms. The monoisotopic (exact) mass is 404 g/mol. The van der Waals surface area contributed by atoms with Crippen LogP contribution in [0.5, 0.6) is 0 Å². The van der Waals surface area contributed by atoms with Gasteiger partial charge in [0.25, 0.3) is 5.91 Å². The fourth-order valence-electron chi connectivity index (χ4n) is 3.60. The van der Waals surface area contributed by atoms with Gasteiger partial charge in [0.2, 0.25) is 0 Å². The van der Waals surface area contributed by atoms with Crippen molar-refractivity contribution >= 4 is 22.9 Å². The van der Waals surface area contributed by atoms with Crippen molar-refractivity contribution < 1.29 is 4.79 Å². The summed E-state index contributed by atoms with van der Waals surface area (Å²) in [6.07, 6.45) is 7.52. The van der Waals surface area contributed by atoms with E-state index in [1.54, 1.807) is 12.3 Å². The number of hydrogen-bond donors (Lipinski definition) is 1. The molecule has 0 spiro atoms. The Labute approximate surface area is 179 Å². The first-order chi connectivity index (χ1) is 15.3. The van der Waals surface area contributed by atoms with Crippen LogP contribution in [0.25, 0.3) is 22.1 Å². The van der Waals surface area contributed by atoms with Crippen LogP contribution in [0.4, 0.5) is 0 Å². The van der Waals surface area contributed by atoms with E-state index in [2.05, 4.69) is 40.9 Å². The van der Waals surface area contributed by atoms with E-state index in [0.717, 1.165) is 17.1 Å². The Bertz CT molecular complexity index is 1380. The van der Waals surface area contributed by atoms with Crippen LogP contribution >= 0.6 is 0 Å². The van der Waals surface area contributed by atoms with Gasteiger partial charge in [0, 0.05) is 35.5 Å². The largest absolute Gasteiger partial charge is 0.324 e. The molecule has 150 valence electrons. The summed E-state index contributed by atoms with van der Waals surface area (Å²) < 4.78 is 3.99. The molecule has 5 heteroatoms. The predicted octanol–water partition coefficient (Wildman–Crippen LogP) is 5.19. The summed E-state index contributed by atoms with van der Waals surface area (Å²) >= 11 is 0. The fourth-order valence-corrected chi connectivity index (χ4v) is 3.60. The molecule has 5 aromatic rings. The summed E-state index contributed by atoms with van der Waals surface area (Å²) in [5, 5.41) is 6.55. The predicted molar refractivity (Wildman–Crippen MR) is 124 cm³/mol. The first-order valence-electron chi connectivity index (χ1n) is 10.0. The molecule has 0 aliphatic rings. The van der Waals surface area contributed by atoms with Crippen LogP contribution in [0.15, 0.2) is 115 Å². The van der Waals surface area contributed by atoms with Gasteiger partial charge in [-0.3, -0.25) is 4.79 Å². The third-order valence-corrected chi connectivity index (χ3v) is 5.17. The van der Waals surface area contributed by atoms with Gasteiger partial charge in [0.1, 0.15) is 0 Å². The lowest BCUT2D eigenvalue weighted by atomic mass is 10.1. The molecule has 2 aromatic heterocycles. The smallest absolute Gasteiger partial charge is 0.271 e. The molecular weight excluding hydrogens is 384 g/mol. The Kier molecular flexibility index (Phi) is 4.91. The molecule has 0 atom stereocenters. The molecule has 0 aliphatic carbocycles. The lowest BCUT2D eigenvalue weighted by Crippen LogP contribution is -2.18. The van der Waals surface area contributed by atoms with Crippen LogP contribution in [-0.2, 0) is 0 Å². The molecule has 0 saturated heterocycles. The molecule has 0 fully saturated rings. The minimum Gasteiger partial charge on any atom is -0.324 e. The second-order valence-corrected chi connectivity index (χ2v) is 7.17. The highest BCUT2D eigenvalue weighted by atomic mass is 16.2. The van der Waals surface area contributed by atoms with Crippen LogP contribution < -0.4 is 5.43 Å². The number of nitrogens with zero attached hydrogens (tertiary/aromatic N) is 3. The average Bonchev–Trinajstić information content (AvgIpc) is 3.51. The number of nitrogens with one attached hydrogen (secondary N) is 1. The maximum absolute atomic E-state index is 12.6. The van der Waals surface area contributed by atoms with Gasteiger partial charge in [-0.1, -0.05) is 36.4 Å². The van der Waals surface area contributed by atoms with E-state index in [1.165, 1.54) is 10.8 Å². The normalized spacial score (nSPS) is 11.2. The van der Waals surface area contributed by atoms with Gasteiger partial charge in [-0.05, 0) is 65.4 Å². The Hall–Kier alpha value is -4.38. The summed E-state index contributed by atoms with van der Waals surface area (Å²) in [4.78, 5) is 12.6. The van der Waals surface area contributed by atoms with Crippen molar-refractivity contribution in [3.63, 3.8) is 0 Å². The Morgan fingerprint density at radius 1 is 0.742 bits per heavy atom. The van der Waals surface area contributed by atoms with E-state index in [1.807, 2.05) is 82.3 Å². The number of rotatable bonds is 5. The number of carbonyl (C=O) groups excluding carboxylic acids is 1. The fraction of sp³-hybridized carbons (Fsp3) is 0. The second kappa shape index (κ2) is 8.16. The van der Waals surface area contributed by atoms with Crippen LogP contribution in [0.3, 0.4) is 0 Å². The number of carbonyl (C=O) groups is 1. The molecule has 5 nitrogen and oxygen atoms in total. The van der Waals surface area contributed by atoms with Gasteiger partial charge in [0.05, 0.1) is 11.9 Å². The number of hydrogen-bond acceptors (Lipinski definition) is 2. The van der Waals surface area contributed by atoms with Crippen LogP contribution in [0.1, 0.15) is 16.1 Å². The average molecular weight is 404 g/mol. The van der Waals surface area contributed by atoms with Crippen LogP contribution in [0.2, 0.25) is 0 Å². The first-order valence-corrected chi connectivity index (χ1v) is 10.0. The van der Waals surface area contributed by atoms with E-state index < -0.39 is 0 Å². The summed E-state index contributed by atoms with van der Waals surface area (Å²) in [7, 11) is 0. The zero-order valence-corrected chi connectivity index (χ0v) is 16.7. The molecule has 2 heterocycles. The van der Waals surface area contributed by atoms with Gasteiger partial charge < -0.3 is 9.13 Å². The Balaban J connectivity index is 1.33. The maximum atomic E-state index is 12.6. The summed E-state index contributed by atoms with van der Waals surface area (Å²) in [5.41, 5.74) is 6.01. The third-order valence-electron chi connectivity index (χ3n) is 5.17. The highest BCUT2D eigenvalue weighted by molar-refractivity contribution is 5.95. The first kappa shape index (κ1) is 18.6. The third kappa shape index (κ3) is 3.89. The van der Waals surface area contributed by atoms with Gasteiger partial charge in [-0.15, -0.1) is 0 Å². The zero-order valence-electron chi connectivity index (χ0n) is 16.7. The molecular formula is C26H20N4O. The molecule has 0 unspecified atom stereocenters. The summed E-state index contributed by atoms with van der Waals surface area (Å²) in [6, 6.07) is 29.8. The second-order valence-electron chi connectivity index (χ2n) is 7.17. The Morgan fingerprint density at radius 3 is 2.45 bits per heavy atom. The van der Waals surface area contributed by atoms with E-state index >= 15 is 0 Å². The maximum Gasteiger partial charge on any atom is 0.271 e. The number of fused-ring (bicyclic) bond motifs is 1. The van der Waals surface area contributed by atoms with Crippen LogP contribution in [0, 0.1) is 0 Å². The molecule has 3 aromatic carbocycles. The quantitative estimate of drug-likeness (QED) is 0.318. The SMILES string of the molecule is O=C(N/N=C\c1cccn1-c1ccc2ccccc2c1)c1cccc(-n2cccc2)c1. The molecule has 1 N–H and O–H groups in total. The zero-order chi connectivity index (χ0) is 21.0. The van der Waals surface area contributed by atoms with Crippen molar-refractivity contribution in [1.82, 2.24) is 14.6 Å². The molecule has 0 saturated carbocycles. The van der Waals surface area contributed by atoms with E-state index in [-0.39, 0.29) is 5.91 Å². The molecule has 5 rings (SSSR count). The number of amides is 1. The highest BCUT2D eigenvalue weighted by Crippen LogP contribution is 2.19. The van der Waals surface area contributed by atoms with Gasteiger partial charge in [-0.25, -0.2) is 5.43 Å². The standard InChI is InChI=1S/C26H20N4O/c31-26(22-9-5-10-23(18-22)29-14-3-4-15-29)28-27-19-25-11-6-16-30(25)24-13-12-20-7-1-2-8-21(20)17-24/h1-19H,(H,28,31)/b27-19-. The van der Waals surface area contributed by atoms with E-state index in [0.29, 0.717) is 5.56 Å². The van der Waals surface area contributed by atoms with E-state index in [4.69, 9.17) is 0 Å².